The molecule has 0 aliphatic rings. The Balaban J connectivity index is 2.65. The molecule has 0 bridgehead atoms. The molecule has 90 valence electrons. The first-order chi connectivity index (χ1) is 7.54. The van der Waals surface area contributed by atoms with Gasteiger partial charge in [0.15, 0.2) is 0 Å². The Kier molecular flexibility index (Phi) is 5.30. The van der Waals surface area contributed by atoms with Crippen LogP contribution < -0.4 is 5.32 Å². The molecule has 0 saturated heterocycles. The quantitative estimate of drug-likeness (QED) is 0.824. The molecule has 0 aromatic heterocycles. The number of halogens is 1. The highest BCUT2D eigenvalue weighted by molar-refractivity contribution is 6.31. The number of rotatable bonds is 5. The number of nitrogens with one attached hydrogen (secondary N) is 1. The van der Waals surface area contributed by atoms with Gasteiger partial charge in [-0.3, -0.25) is 0 Å². The highest BCUT2D eigenvalue weighted by atomic mass is 35.5. The zero-order valence-electron chi connectivity index (χ0n) is 10.7. The van der Waals surface area contributed by atoms with Crippen molar-refractivity contribution in [3.63, 3.8) is 0 Å². The Morgan fingerprint density at radius 2 is 2.00 bits per heavy atom. The number of aryl methyl sites for hydroxylation is 1. The maximum Gasteiger partial charge on any atom is 0.0440 e. The van der Waals surface area contributed by atoms with Crippen LogP contribution in [-0.4, -0.2) is 12.6 Å². The van der Waals surface area contributed by atoms with Crippen LogP contribution in [0.3, 0.4) is 0 Å². The van der Waals surface area contributed by atoms with Gasteiger partial charge >= 0.3 is 0 Å². The highest BCUT2D eigenvalue weighted by Crippen LogP contribution is 2.21. The summed E-state index contributed by atoms with van der Waals surface area (Å²) >= 11 is 6.23. The van der Waals surface area contributed by atoms with Crippen LogP contribution in [0.15, 0.2) is 18.2 Å². The van der Waals surface area contributed by atoms with E-state index in [1.165, 1.54) is 11.1 Å². The summed E-state index contributed by atoms with van der Waals surface area (Å²) in [6, 6.07) is 6.85. The van der Waals surface area contributed by atoms with Gasteiger partial charge in [0, 0.05) is 11.1 Å². The Morgan fingerprint density at radius 3 is 2.56 bits per heavy atom. The predicted octanol–water partition coefficient (Wildman–Crippen LogP) is 3.83. The van der Waals surface area contributed by atoms with Crippen LogP contribution in [0, 0.1) is 12.8 Å². The lowest BCUT2D eigenvalue weighted by molar-refractivity contribution is 0.406. The number of hydrogen-bond donors (Lipinski definition) is 1. The Bertz CT molecular complexity index is 336. The maximum atomic E-state index is 6.23. The molecule has 0 heterocycles. The normalized spacial score (nSPS) is 14.8. The minimum absolute atomic E-state index is 0.530. The van der Waals surface area contributed by atoms with Gasteiger partial charge < -0.3 is 5.32 Å². The van der Waals surface area contributed by atoms with E-state index in [-0.39, 0.29) is 0 Å². The first-order valence-corrected chi connectivity index (χ1v) is 6.40. The second-order valence-electron chi connectivity index (χ2n) is 4.62. The van der Waals surface area contributed by atoms with E-state index in [9.17, 15) is 0 Å². The van der Waals surface area contributed by atoms with Crippen molar-refractivity contribution in [2.75, 3.05) is 6.54 Å². The standard InChI is InChI=1S/C14H22ClN/c1-5-16-12(4)11(3)9-13-7-6-10(2)8-14(13)15/h6-8,11-12,16H,5,9H2,1-4H3. The van der Waals surface area contributed by atoms with Crippen LogP contribution in [0.5, 0.6) is 0 Å². The minimum Gasteiger partial charge on any atom is -0.314 e. The van der Waals surface area contributed by atoms with Gasteiger partial charge in [0.05, 0.1) is 0 Å². The fraction of sp³-hybridized carbons (Fsp3) is 0.571. The van der Waals surface area contributed by atoms with Crippen molar-refractivity contribution >= 4 is 11.6 Å². The molecule has 0 aliphatic carbocycles. The molecule has 0 aliphatic heterocycles. The van der Waals surface area contributed by atoms with Crippen molar-refractivity contribution in [1.82, 2.24) is 5.32 Å². The van der Waals surface area contributed by atoms with Crippen molar-refractivity contribution in [1.29, 1.82) is 0 Å². The molecule has 1 rings (SSSR count). The van der Waals surface area contributed by atoms with Crippen molar-refractivity contribution in [3.8, 4) is 0 Å². The topological polar surface area (TPSA) is 12.0 Å². The maximum absolute atomic E-state index is 6.23. The van der Waals surface area contributed by atoms with Gasteiger partial charge in [0.1, 0.15) is 0 Å². The lowest BCUT2D eigenvalue weighted by Gasteiger charge is -2.21. The van der Waals surface area contributed by atoms with Crippen LogP contribution >= 0.6 is 11.6 Å². The first kappa shape index (κ1) is 13.5. The van der Waals surface area contributed by atoms with E-state index in [2.05, 4.69) is 45.1 Å². The third kappa shape index (κ3) is 3.80. The van der Waals surface area contributed by atoms with Crippen LogP contribution in [0.25, 0.3) is 0 Å². The average Bonchev–Trinajstić information content (AvgIpc) is 2.22. The SMILES string of the molecule is CCNC(C)C(C)Cc1ccc(C)cc1Cl. The second-order valence-corrected chi connectivity index (χ2v) is 5.03. The Morgan fingerprint density at radius 1 is 1.31 bits per heavy atom. The summed E-state index contributed by atoms with van der Waals surface area (Å²) in [5.41, 5.74) is 2.48. The second kappa shape index (κ2) is 6.27. The summed E-state index contributed by atoms with van der Waals surface area (Å²) in [7, 11) is 0. The third-order valence-corrected chi connectivity index (χ3v) is 3.48. The van der Waals surface area contributed by atoms with Gasteiger partial charge in [-0.25, -0.2) is 0 Å². The molecule has 1 aromatic carbocycles. The van der Waals surface area contributed by atoms with Crippen molar-refractivity contribution < 1.29 is 0 Å². The lowest BCUT2D eigenvalue weighted by atomic mass is 9.94. The molecule has 0 radical (unpaired) electrons. The molecule has 2 heteroatoms. The van der Waals surface area contributed by atoms with E-state index in [1.54, 1.807) is 0 Å². The van der Waals surface area contributed by atoms with E-state index in [4.69, 9.17) is 11.6 Å². The van der Waals surface area contributed by atoms with Crippen LogP contribution in [0.2, 0.25) is 5.02 Å². The predicted molar refractivity (Wildman–Crippen MR) is 72.2 cm³/mol. The number of benzene rings is 1. The molecule has 2 unspecified atom stereocenters. The zero-order valence-corrected chi connectivity index (χ0v) is 11.4. The number of hydrogen-bond acceptors (Lipinski definition) is 1. The molecular formula is C14H22ClN. The lowest BCUT2D eigenvalue weighted by Crippen LogP contribution is -2.32. The van der Waals surface area contributed by atoms with E-state index >= 15 is 0 Å². The summed E-state index contributed by atoms with van der Waals surface area (Å²) in [5, 5.41) is 4.35. The minimum atomic E-state index is 0.530. The fourth-order valence-corrected chi connectivity index (χ4v) is 2.18. The van der Waals surface area contributed by atoms with E-state index in [1.807, 2.05) is 6.07 Å². The Labute approximate surface area is 104 Å². The summed E-state index contributed by atoms with van der Waals surface area (Å²) in [4.78, 5) is 0. The van der Waals surface area contributed by atoms with Crippen LogP contribution in [-0.2, 0) is 6.42 Å². The summed E-state index contributed by atoms with van der Waals surface area (Å²) in [6.07, 6.45) is 1.03. The average molecular weight is 240 g/mol. The van der Waals surface area contributed by atoms with Gasteiger partial charge in [-0.15, -0.1) is 0 Å². The van der Waals surface area contributed by atoms with E-state index in [0.717, 1.165) is 18.0 Å². The summed E-state index contributed by atoms with van der Waals surface area (Å²) in [6.45, 7) is 9.73. The van der Waals surface area contributed by atoms with E-state index in [0.29, 0.717) is 12.0 Å². The van der Waals surface area contributed by atoms with Gasteiger partial charge in [-0.05, 0) is 49.9 Å². The molecule has 16 heavy (non-hydrogen) atoms. The largest absolute Gasteiger partial charge is 0.314 e. The molecular weight excluding hydrogens is 218 g/mol. The molecule has 0 fully saturated rings. The van der Waals surface area contributed by atoms with E-state index < -0.39 is 0 Å². The monoisotopic (exact) mass is 239 g/mol. The molecule has 1 aromatic rings. The fourth-order valence-electron chi connectivity index (χ4n) is 1.86. The van der Waals surface area contributed by atoms with Gasteiger partial charge in [-0.2, -0.15) is 0 Å². The summed E-state index contributed by atoms with van der Waals surface area (Å²) < 4.78 is 0. The van der Waals surface area contributed by atoms with Crippen molar-refractivity contribution in [3.05, 3.63) is 34.3 Å². The smallest absolute Gasteiger partial charge is 0.0440 e. The van der Waals surface area contributed by atoms with Gasteiger partial charge in [-0.1, -0.05) is 37.6 Å². The molecule has 0 saturated carbocycles. The van der Waals surface area contributed by atoms with Crippen LogP contribution in [0.4, 0.5) is 0 Å². The first-order valence-electron chi connectivity index (χ1n) is 6.03. The van der Waals surface area contributed by atoms with Gasteiger partial charge in [0.2, 0.25) is 0 Å². The molecule has 2 atom stereocenters. The van der Waals surface area contributed by atoms with Crippen molar-refractivity contribution in [2.45, 2.75) is 40.2 Å². The molecule has 1 N–H and O–H groups in total. The third-order valence-electron chi connectivity index (χ3n) is 3.13. The van der Waals surface area contributed by atoms with Crippen LogP contribution in [0.1, 0.15) is 31.9 Å². The molecule has 0 amide bonds. The summed E-state index contributed by atoms with van der Waals surface area (Å²) in [5.74, 6) is 0.597. The molecule has 1 nitrogen and oxygen atoms in total. The Hall–Kier alpha value is -0.530. The van der Waals surface area contributed by atoms with Crippen molar-refractivity contribution in [2.24, 2.45) is 5.92 Å². The highest BCUT2D eigenvalue weighted by Gasteiger charge is 2.13. The van der Waals surface area contributed by atoms with Gasteiger partial charge in [0.25, 0.3) is 0 Å². The molecule has 0 spiro atoms. The zero-order chi connectivity index (χ0) is 12.1.